The molecule has 3 rings (SSSR count). The number of hydrogen-bond donors (Lipinski definition) is 1. The van der Waals surface area contributed by atoms with Gasteiger partial charge in [-0.2, -0.15) is 0 Å². The molecule has 2 aromatic rings. The van der Waals surface area contributed by atoms with Crippen LogP contribution in [-0.2, 0) is 0 Å². The van der Waals surface area contributed by atoms with E-state index in [1.807, 2.05) is 13.0 Å². The van der Waals surface area contributed by atoms with E-state index in [0.717, 1.165) is 27.9 Å². The number of nitrogens with zero attached hydrogens (tertiary/aromatic N) is 1. The van der Waals surface area contributed by atoms with Crippen LogP contribution in [0.5, 0.6) is 0 Å². The third kappa shape index (κ3) is 1.38. The van der Waals surface area contributed by atoms with Crippen LogP contribution >= 0.6 is 23.6 Å². The SMILES string of the molecule is Cc1cc2c(=O)n(C3CC3)c(=S)[nH]c2s1. The second-order valence-corrected chi connectivity index (χ2v) is 5.58. The predicted octanol–water partition coefficient (Wildman–Crippen LogP) is 2.76. The first-order valence-corrected chi connectivity index (χ1v) is 6.14. The van der Waals surface area contributed by atoms with Crippen molar-refractivity contribution < 1.29 is 0 Å². The zero-order chi connectivity index (χ0) is 10.6. The van der Waals surface area contributed by atoms with E-state index in [1.165, 1.54) is 0 Å². The van der Waals surface area contributed by atoms with E-state index < -0.39 is 0 Å². The molecule has 1 aliphatic carbocycles. The number of hydrogen-bond acceptors (Lipinski definition) is 3. The lowest BCUT2D eigenvalue weighted by atomic mass is 10.3. The van der Waals surface area contributed by atoms with Gasteiger partial charge in [-0.1, -0.05) is 0 Å². The Bertz CT molecular complexity index is 645. The lowest BCUT2D eigenvalue weighted by molar-refractivity contribution is 0.686. The second-order valence-electron chi connectivity index (χ2n) is 3.94. The zero-order valence-corrected chi connectivity index (χ0v) is 9.87. The molecule has 1 fully saturated rings. The quantitative estimate of drug-likeness (QED) is 0.776. The summed E-state index contributed by atoms with van der Waals surface area (Å²) in [7, 11) is 0. The molecule has 0 saturated heterocycles. The van der Waals surface area contributed by atoms with Gasteiger partial charge in [0.25, 0.3) is 5.56 Å². The first-order chi connectivity index (χ1) is 7.16. The van der Waals surface area contributed by atoms with E-state index in [0.29, 0.717) is 10.8 Å². The molecule has 78 valence electrons. The van der Waals surface area contributed by atoms with E-state index in [9.17, 15) is 4.79 Å². The van der Waals surface area contributed by atoms with Crippen molar-refractivity contribution in [1.82, 2.24) is 9.55 Å². The minimum atomic E-state index is 0.0700. The van der Waals surface area contributed by atoms with E-state index in [2.05, 4.69) is 4.98 Å². The number of aromatic nitrogens is 2. The summed E-state index contributed by atoms with van der Waals surface area (Å²) in [6, 6.07) is 2.28. The second kappa shape index (κ2) is 3.02. The molecule has 0 spiro atoms. The van der Waals surface area contributed by atoms with Crippen LogP contribution in [0.25, 0.3) is 10.2 Å². The first-order valence-electron chi connectivity index (χ1n) is 4.92. The molecule has 15 heavy (non-hydrogen) atoms. The van der Waals surface area contributed by atoms with Crippen molar-refractivity contribution in [3.8, 4) is 0 Å². The lowest BCUT2D eigenvalue weighted by Gasteiger charge is -2.02. The van der Waals surface area contributed by atoms with Crippen molar-refractivity contribution in [3.63, 3.8) is 0 Å². The van der Waals surface area contributed by atoms with Crippen molar-refractivity contribution in [3.05, 3.63) is 26.1 Å². The summed E-state index contributed by atoms with van der Waals surface area (Å²) < 4.78 is 2.29. The van der Waals surface area contributed by atoms with Gasteiger partial charge in [0.05, 0.1) is 5.39 Å². The summed E-state index contributed by atoms with van der Waals surface area (Å²) in [6.45, 7) is 2.00. The molecule has 5 heteroatoms. The molecular weight excluding hydrogens is 228 g/mol. The topological polar surface area (TPSA) is 37.8 Å². The van der Waals surface area contributed by atoms with E-state index >= 15 is 0 Å². The summed E-state index contributed by atoms with van der Waals surface area (Å²) in [6.07, 6.45) is 2.15. The van der Waals surface area contributed by atoms with Gasteiger partial charge < -0.3 is 4.98 Å². The van der Waals surface area contributed by atoms with Gasteiger partial charge in [-0.25, -0.2) is 0 Å². The van der Waals surface area contributed by atoms with Gasteiger partial charge in [-0.05, 0) is 38.0 Å². The molecule has 2 aromatic heterocycles. The Morgan fingerprint density at radius 3 is 3.00 bits per heavy atom. The van der Waals surface area contributed by atoms with E-state index in [4.69, 9.17) is 12.2 Å². The molecule has 2 heterocycles. The zero-order valence-electron chi connectivity index (χ0n) is 8.24. The Kier molecular flexibility index (Phi) is 1.87. The van der Waals surface area contributed by atoms with E-state index in [1.54, 1.807) is 15.9 Å². The normalized spacial score (nSPS) is 16.1. The van der Waals surface area contributed by atoms with Gasteiger partial charge in [0, 0.05) is 10.9 Å². The Morgan fingerprint density at radius 1 is 1.60 bits per heavy atom. The highest BCUT2D eigenvalue weighted by Gasteiger charge is 2.26. The average molecular weight is 238 g/mol. The number of aryl methyl sites for hydroxylation is 1. The van der Waals surface area contributed by atoms with Crippen LogP contribution in [0.1, 0.15) is 23.8 Å². The standard InChI is InChI=1S/C10H10N2OS2/c1-5-4-7-8(15-5)11-10(14)12(9(7)13)6-2-3-6/h4,6H,2-3H2,1H3,(H,11,14). The fourth-order valence-electron chi connectivity index (χ4n) is 1.81. The number of thiophene rings is 1. The third-order valence-corrected chi connectivity index (χ3v) is 3.92. The Morgan fingerprint density at radius 2 is 2.33 bits per heavy atom. The van der Waals surface area contributed by atoms with Crippen molar-refractivity contribution in [2.24, 2.45) is 0 Å². The number of rotatable bonds is 1. The smallest absolute Gasteiger partial charge is 0.263 e. The number of nitrogens with one attached hydrogen (secondary N) is 1. The van der Waals surface area contributed by atoms with Crippen molar-refractivity contribution in [2.45, 2.75) is 25.8 Å². The number of H-pyrrole nitrogens is 1. The molecule has 0 atom stereocenters. The van der Waals surface area contributed by atoms with Crippen molar-refractivity contribution in [1.29, 1.82) is 0 Å². The van der Waals surface area contributed by atoms with Crippen LogP contribution in [0.15, 0.2) is 10.9 Å². The van der Waals surface area contributed by atoms with Gasteiger partial charge in [0.1, 0.15) is 4.83 Å². The van der Waals surface area contributed by atoms with Gasteiger partial charge in [0.15, 0.2) is 4.77 Å². The highest BCUT2D eigenvalue weighted by Crippen LogP contribution is 2.34. The van der Waals surface area contributed by atoms with Gasteiger partial charge in [0.2, 0.25) is 0 Å². The fourth-order valence-corrected chi connectivity index (χ4v) is 3.11. The van der Waals surface area contributed by atoms with Crippen molar-refractivity contribution >= 4 is 33.8 Å². The third-order valence-electron chi connectivity index (χ3n) is 2.66. The Hall–Kier alpha value is -0.940. The highest BCUT2D eigenvalue weighted by atomic mass is 32.1. The lowest BCUT2D eigenvalue weighted by Crippen LogP contribution is -2.20. The Labute approximate surface area is 95.4 Å². The number of aromatic amines is 1. The summed E-state index contributed by atoms with van der Waals surface area (Å²) in [5.41, 5.74) is 0.0700. The van der Waals surface area contributed by atoms with Gasteiger partial charge >= 0.3 is 0 Å². The average Bonchev–Trinajstić information content (AvgIpc) is 2.90. The van der Waals surface area contributed by atoms with E-state index in [-0.39, 0.29) is 5.56 Å². The van der Waals surface area contributed by atoms with Gasteiger partial charge in [-0.15, -0.1) is 11.3 Å². The molecule has 0 unspecified atom stereocenters. The largest absolute Gasteiger partial charge is 0.323 e. The Balaban J connectivity index is 2.46. The summed E-state index contributed by atoms with van der Waals surface area (Å²) in [4.78, 5) is 17.3. The van der Waals surface area contributed by atoms with Crippen molar-refractivity contribution in [2.75, 3.05) is 0 Å². The molecule has 0 radical (unpaired) electrons. The molecule has 3 nitrogen and oxygen atoms in total. The molecule has 1 saturated carbocycles. The molecule has 1 aliphatic rings. The molecule has 0 aromatic carbocycles. The molecule has 0 bridgehead atoms. The first kappa shape index (κ1) is 9.30. The summed E-state index contributed by atoms with van der Waals surface area (Å²) in [5.74, 6) is 0. The minimum Gasteiger partial charge on any atom is -0.323 e. The molecule has 0 aliphatic heterocycles. The maximum absolute atomic E-state index is 12.1. The molecule has 0 amide bonds. The van der Waals surface area contributed by atoms with Crippen LogP contribution in [0.2, 0.25) is 0 Å². The fraction of sp³-hybridized carbons (Fsp3) is 0.400. The van der Waals surface area contributed by atoms with Crippen LogP contribution in [-0.4, -0.2) is 9.55 Å². The molecular formula is C10H10N2OS2. The summed E-state index contributed by atoms with van der Waals surface area (Å²) >= 11 is 6.79. The highest BCUT2D eigenvalue weighted by molar-refractivity contribution is 7.71. The molecule has 1 N–H and O–H groups in total. The predicted molar refractivity (Wildman–Crippen MR) is 64.3 cm³/mol. The monoisotopic (exact) mass is 238 g/mol. The van der Waals surface area contributed by atoms with Crippen LogP contribution in [0.3, 0.4) is 0 Å². The number of fused-ring (bicyclic) bond motifs is 1. The van der Waals surface area contributed by atoms with Crippen LogP contribution in [0, 0.1) is 11.7 Å². The maximum atomic E-state index is 12.1. The minimum absolute atomic E-state index is 0.0700. The maximum Gasteiger partial charge on any atom is 0.263 e. The van der Waals surface area contributed by atoms with Gasteiger partial charge in [-0.3, -0.25) is 9.36 Å². The van der Waals surface area contributed by atoms with Crippen LogP contribution < -0.4 is 5.56 Å². The summed E-state index contributed by atoms with van der Waals surface area (Å²) in [5, 5.41) is 0.776. The van der Waals surface area contributed by atoms with Crippen LogP contribution in [0.4, 0.5) is 0 Å².